The maximum atomic E-state index is 12.9. The van der Waals surface area contributed by atoms with Crippen LogP contribution in [0.2, 0.25) is 0 Å². The summed E-state index contributed by atoms with van der Waals surface area (Å²) in [4.78, 5) is 12.9. The number of hydrogen-bond donors (Lipinski definition) is 2. The van der Waals surface area contributed by atoms with Crippen LogP contribution in [0, 0.1) is 6.92 Å². The number of benzene rings is 2. The van der Waals surface area contributed by atoms with E-state index in [1.54, 1.807) is 43.5 Å². The summed E-state index contributed by atoms with van der Waals surface area (Å²) >= 11 is 0. The van der Waals surface area contributed by atoms with Crippen molar-refractivity contribution in [3.8, 4) is 11.5 Å². The van der Waals surface area contributed by atoms with Gasteiger partial charge in [-0.05, 0) is 49.4 Å². The van der Waals surface area contributed by atoms with Crippen molar-refractivity contribution in [2.75, 3.05) is 20.3 Å². The highest BCUT2D eigenvalue weighted by molar-refractivity contribution is 6.10. The number of fused-ring (bicyclic) bond motifs is 1. The molecule has 1 atom stereocenters. The topological polar surface area (TPSA) is 80.9 Å². The molecule has 6 heteroatoms. The summed E-state index contributed by atoms with van der Waals surface area (Å²) in [5.74, 6) is 1.44. The zero-order valence-electron chi connectivity index (χ0n) is 17.2. The highest BCUT2D eigenvalue weighted by Gasteiger charge is 2.20. The first-order chi connectivity index (χ1) is 13.9. The van der Waals surface area contributed by atoms with Crippen LogP contribution < -0.4 is 14.8 Å². The number of aliphatic hydroxyl groups excluding tert-OH is 1. The van der Waals surface area contributed by atoms with Gasteiger partial charge in [-0.25, -0.2) is 0 Å². The molecule has 3 aromatic rings. The lowest BCUT2D eigenvalue weighted by Gasteiger charge is -2.15. The largest absolute Gasteiger partial charge is 0.497 e. The highest BCUT2D eigenvalue weighted by Crippen LogP contribution is 2.30. The molecule has 0 fully saturated rings. The van der Waals surface area contributed by atoms with Crippen molar-refractivity contribution in [2.24, 2.45) is 0 Å². The van der Waals surface area contributed by atoms with Crippen molar-refractivity contribution in [3.63, 3.8) is 0 Å². The van der Waals surface area contributed by atoms with Gasteiger partial charge in [0, 0.05) is 29.1 Å². The molecule has 0 spiro atoms. The molecule has 1 unspecified atom stereocenters. The van der Waals surface area contributed by atoms with Gasteiger partial charge in [0.2, 0.25) is 5.78 Å². The third kappa shape index (κ3) is 4.96. The van der Waals surface area contributed by atoms with E-state index >= 15 is 0 Å². The van der Waals surface area contributed by atoms with Gasteiger partial charge >= 0.3 is 0 Å². The molecule has 2 N–H and O–H groups in total. The van der Waals surface area contributed by atoms with Crippen LogP contribution in [0.1, 0.15) is 35.5 Å². The van der Waals surface area contributed by atoms with E-state index in [2.05, 4.69) is 5.32 Å². The smallest absolute Gasteiger partial charge is 0.228 e. The Morgan fingerprint density at radius 1 is 1.14 bits per heavy atom. The molecule has 0 aliphatic heterocycles. The highest BCUT2D eigenvalue weighted by atomic mass is 16.5. The number of rotatable bonds is 9. The van der Waals surface area contributed by atoms with Crippen LogP contribution in [-0.2, 0) is 0 Å². The van der Waals surface area contributed by atoms with Crippen LogP contribution in [-0.4, -0.2) is 43.3 Å². The predicted molar refractivity (Wildman–Crippen MR) is 112 cm³/mol. The Hall–Kier alpha value is -2.83. The first kappa shape index (κ1) is 20.9. The minimum absolute atomic E-state index is 0.180. The maximum Gasteiger partial charge on any atom is 0.228 e. The van der Waals surface area contributed by atoms with E-state index in [0.29, 0.717) is 41.0 Å². The van der Waals surface area contributed by atoms with Gasteiger partial charge in [0.1, 0.15) is 29.8 Å². The first-order valence-corrected chi connectivity index (χ1v) is 9.65. The number of hydrogen-bond acceptors (Lipinski definition) is 6. The number of ketones is 1. The standard InChI is InChI=1S/C23H27NO5/c1-14(2)24-12-17(25)13-28-19-9-10-21-20(11-19)15(3)23(29-21)22(26)16-5-7-18(27-4)8-6-16/h5-11,14,17,24-25H,12-13H2,1-4H3. The lowest BCUT2D eigenvalue weighted by molar-refractivity contribution is 0.101. The molecular weight excluding hydrogens is 370 g/mol. The van der Waals surface area contributed by atoms with Crippen LogP contribution in [0.25, 0.3) is 11.0 Å². The van der Waals surface area contributed by atoms with E-state index in [0.717, 1.165) is 10.9 Å². The van der Waals surface area contributed by atoms with Crippen molar-refractivity contribution >= 4 is 16.8 Å². The number of nitrogens with one attached hydrogen (secondary N) is 1. The third-order valence-electron chi connectivity index (χ3n) is 4.67. The molecule has 0 saturated heterocycles. The Balaban J connectivity index is 1.76. The monoisotopic (exact) mass is 397 g/mol. The van der Waals surface area contributed by atoms with Gasteiger partial charge in [0.15, 0.2) is 5.76 Å². The number of carbonyl (C=O) groups excluding carboxylic acids is 1. The quantitative estimate of drug-likeness (QED) is 0.536. The number of aliphatic hydroxyl groups is 1. The van der Waals surface area contributed by atoms with E-state index in [1.165, 1.54) is 0 Å². The van der Waals surface area contributed by atoms with Crippen LogP contribution in [0.4, 0.5) is 0 Å². The average molecular weight is 397 g/mol. The fraction of sp³-hybridized carbons (Fsp3) is 0.348. The Morgan fingerprint density at radius 3 is 2.48 bits per heavy atom. The number of methoxy groups -OCH3 is 1. The SMILES string of the molecule is COc1ccc(C(=O)c2oc3ccc(OCC(O)CNC(C)C)cc3c2C)cc1. The Morgan fingerprint density at radius 2 is 1.83 bits per heavy atom. The van der Waals surface area contributed by atoms with Crippen molar-refractivity contribution < 1.29 is 23.8 Å². The summed E-state index contributed by atoms with van der Waals surface area (Å²) in [7, 11) is 1.58. The van der Waals surface area contributed by atoms with E-state index in [-0.39, 0.29) is 12.4 Å². The van der Waals surface area contributed by atoms with Gasteiger partial charge in [-0.1, -0.05) is 13.8 Å². The molecule has 1 heterocycles. The Bertz CT molecular complexity index is 975. The van der Waals surface area contributed by atoms with Crippen LogP contribution in [0.5, 0.6) is 11.5 Å². The first-order valence-electron chi connectivity index (χ1n) is 9.65. The lowest BCUT2D eigenvalue weighted by atomic mass is 10.0. The summed E-state index contributed by atoms with van der Waals surface area (Å²) in [5.41, 5.74) is 1.91. The molecule has 3 rings (SSSR count). The normalized spacial score (nSPS) is 12.3. The molecule has 0 bridgehead atoms. The van der Waals surface area contributed by atoms with Crippen molar-refractivity contribution in [1.82, 2.24) is 5.32 Å². The van der Waals surface area contributed by atoms with Crippen LogP contribution in [0.3, 0.4) is 0 Å². The molecule has 0 aliphatic rings. The summed E-state index contributed by atoms with van der Waals surface area (Å²) in [6, 6.07) is 12.6. The summed E-state index contributed by atoms with van der Waals surface area (Å²) in [6.07, 6.45) is -0.606. The van der Waals surface area contributed by atoms with E-state index in [4.69, 9.17) is 13.9 Å². The molecule has 2 aromatic carbocycles. The van der Waals surface area contributed by atoms with Gasteiger partial charge in [-0.2, -0.15) is 0 Å². The molecule has 0 radical (unpaired) electrons. The van der Waals surface area contributed by atoms with E-state index in [9.17, 15) is 9.90 Å². The Labute approximate surface area is 170 Å². The second-order valence-electron chi connectivity index (χ2n) is 7.30. The number of aryl methyl sites for hydroxylation is 1. The van der Waals surface area contributed by atoms with Crippen LogP contribution >= 0.6 is 0 Å². The van der Waals surface area contributed by atoms with Gasteiger partial charge in [0.05, 0.1) is 7.11 Å². The molecule has 0 amide bonds. The van der Waals surface area contributed by atoms with Crippen LogP contribution in [0.15, 0.2) is 46.9 Å². The van der Waals surface area contributed by atoms with Gasteiger partial charge in [-0.15, -0.1) is 0 Å². The molecule has 154 valence electrons. The summed E-state index contributed by atoms with van der Waals surface area (Å²) in [6.45, 7) is 6.54. The molecule has 0 aliphatic carbocycles. The number of carbonyl (C=O) groups is 1. The summed E-state index contributed by atoms with van der Waals surface area (Å²) in [5, 5.41) is 14.0. The van der Waals surface area contributed by atoms with Gasteiger partial charge in [-0.3, -0.25) is 4.79 Å². The zero-order valence-corrected chi connectivity index (χ0v) is 17.2. The third-order valence-corrected chi connectivity index (χ3v) is 4.67. The zero-order chi connectivity index (χ0) is 21.0. The molecular formula is C23H27NO5. The fourth-order valence-corrected chi connectivity index (χ4v) is 3.00. The fourth-order valence-electron chi connectivity index (χ4n) is 3.00. The second-order valence-corrected chi connectivity index (χ2v) is 7.30. The molecule has 6 nitrogen and oxygen atoms in total. The second kappa shape index (κ2) is 9.11. The van der Waals surface area contributed by atoms with Crippen molar-refractivity contribution in [2.45, 2.75) is 32.9 Å². The maximum absolute atomic E-state index is 12.9. The molecule has 0 saturated carbocycles. The van der Waals surface area contributed by atoms with Crippen molar-refractivity contribution in [1.29, 1.82) is 0 Å². The number of furan rings is 1. The minimum Gasteiger partial charge on any atom is -0.497 e. The van der Waals surface area contributed by atoms with Crippen molar-refractivity contribution in [3.05, 3.63) is 59.4 Å². The van der Waals surface area contributed by atoms with E-state index in [1.807, 2.05) is 26.8 Å². The Kier molecular flexibility index (Phi) is 6.56. The average Bonchev–Trinajstić information content (AvgIpc) is 3.06. The van der Waals surface area contributed by atoms with E-state index < -0.39 is 6.10 Å². The predicted octanol–water partition coefficient (Wildman–Crippen LogP) is 3.72. The number of ether oxygens (including phenoxy) is 2. The molecule has 29 heavy (non-hydrogen) atoms. The van der Waals surface area contributed by atoms with Gasteiger partial charge < -0.3 is 24.3 Å². The van der Waals surface area contributed by atoms with Gasteiger partial charge in [0.25, 0.3) is 0 Å². The lowest BCUT2D eigenvalue weighted by Crippen LogP contribution is -2.35. The molecule has 1 aromatic heterocycles. The minimum atomic E-state index is -0.606. The summed E-state index contributed by atoms with van der Waals surface area (Å²) < 4.78 is 16.7.